The number of carbonyl (C=O) groups excluding carboxylic acids is 3. The van der Waals surface area contributed by atoms with Crippen molar-refractivity contribution in [3.8, 4) is 17.2 Å². The third-order valence-electron chi connectivity index (χ3n) is 6.55. The van der Waals surface area contributed by atoms with Crippen molar-refractivity contribution in [3.05, 3.63) is 88.4 Å². The number of allylic oxidation sites excluding steroid dienone is 3. The van der Waals surface area contributed by atoms with E-state index in [1.54, 1.807) is 0 Å². The van der Waals surface area contributed by atoms with Crippen molar-refractivity contribution >= 4 is 28.2 Å². The molecule has 176 valence electrons. The number of fused-ring (bicyclic) bond motifs is 4. The van der Waals surface area contributed by atoms with Crippen LogP contribution >= 0.6 is 0 Å². The Morgan fingerprint density at radius 3 is 2.49 bits per heavy atom. The molecule has 0 aromatic heterocycles. The van der Waals surface area contributed by atoms with Crippen molar-refractivity contribution in [2.45, 2.75) is 25.8 Å². The molecule has 1 aliphatic carbocycles. The van der Waals surface area contributed by atoms with Crippen molar-refractivity contribution < 1.29 is 34.4 Å². The average Bonchev–Trinajstić information content (AvgIpc) is 3.10. The Kier molecular flexibility index (Phi) is 4.91. The zero-order valence-electron chi connectivity index (χ0n) is 18.9. The molecular formula is C27H21NO7. The van der Waals surface area contributed by atoms with Gasteiger partial charge in [0.15, 0.2) is 17.3 Å². The maximum absolute atomic E-state index is 13.3. The monoisotopic (exact) mass is 471 g/mol. The first kappa shape index (κ1) is 22.2. The molecule has 1 aliphatic heterocycles. The number of ketones is 2. The fourth-order valence-corrected chi connectivity index (χ4v) is 4.78. The number of hydrogen-bond donors (Lipinski definition) is 4. The van der Waals surface area contributed by atoms with Gasteiger partial charge in [-0.05, 0) is 30.2 Å². The Hall–Kier alpha value is -4.59. The van der Waals surface area contributed by atoms with Crippen LogP contribution in [-0.2, 0) is 21.5 Å². The summed E-state index contributed by atoms with van der Waals surface area (Å²) in [5.74, 6) is -3.98. The molecule has 0 unspecified atom stereocenters. The standard InChI is InChI=1S/C27H21NO7/c1-13(29)21-18(31)11-20-27(2,25(21)33)23-19(32)10-17(30)22(24(23)35-20)26(34)28-12-15-8-5-7-14-6-3-4-9-16(14)15/h3-11,30-32H,12H2,1-2H3,(H,28,34)/t27-/m1/s1. The highest BCUT2D eigenvalue weighted by atomic mass is 16.5. The quantitative estimate of drug-likeness (QED) is 0.427. The molecular weight excluding hydrogens is 450 g/mol. The molecule has 0 radical (unpaired) electrons. The van der Waals surface area contributed by atoms with Gasteiger partial charge in [-0.3, -0.25) is 14.4 Å². The van der Waals surface area contributed by atoms with E-state index in [2.05, 4.69) is 5.32 Å². The van der Waals surface area contributed by atoms with E-state index in [1.807, 2.05) is 42.5 Å². The second kappa shape index (κ2) is 7.73. The summed E-state index contributed by atoms with van der Waals surface area (Å²) < 4.78 is 5.77. The maximum atomic E-state index is 13.3. The number of Topliss-reactive ketones (excluding diaryl/α,β-unsaturated/α-hetero) is 2. The van der Waals surface area contributed by atoms with E-state index in [-0.39, 0.29) is 29.2 Å². The van der Waals surface area contributed by atoms with Crippen molar-refractivity contribution in [1.29, 1.82) is 0 Å². The van der Waals surface area contributed by atoms with Crippen LogP contribution in [-0.4, -0.2) is 32.8 Å². The number of phenolic OH excluding ortho intramolecular Hbond substituents is 2. The first-order chi connectivity index (χ1) is 16.6. The number of amides is 1. The predicted octanol–water partition coefficient (Wildman–Crippen LogP) is 3.70. The van der Waals surface area contributed by atoms with Crippen LogP contribution in [0.2, 0.25) is 0 Å². The molecule has 1 amide bonds. The zero-order valence-corrected chi connectivity index (χ0v) is 18.9. The smallest absolute Gasteiger partial charge is 0.259 e. The molecule has 3 aromatic rings. The van der Waals surface area contributed by atoms with Crippen molar-refractivity contribution in [1.82, 2.24) is 5.32 Å². The van der Waals surface area contributed by atoms with Crippen molar-refractivity contribution in [2.75, 3.05) is 0 Å². The highest BCUT2D eigenvalue weighted by molar-refractivity contribution is 6.25. The third kappa shape index (κ3) is 3.18. The number of rotatable bonds is 4. The summed E-state index contributed by atoms with van der Waals surface area (Å²) in [6.45, 7) is 2.72. The van der Waals surface area contributed by atoms with Gasteiger partial charge in [-0.15, -0.1) is 0 Å². The number of phenols is 2. The van der Waals surface area contributed by atoms with Gasteiger partial charge in [0, 0.05) is 18.7 Å². The molecule has 1 atom stereocenters. The average molecular weight is 471 g/mol. The molecule has 0 fully saturated rings. The Labute approximate surface area is 199 Å². The summed E-state index contributed by atoms with van der Waals surface area (Å²) in [5.41, 5.74) is -1.57. The summed E-state index contributed by atoms with van der Waals surface area (Å²) in [4.78, 5) is 38.5. The number of carbonyl (C=O) groups is 3. The van der Waals surface area contributed by atoms with Crippen LogP contribution < -0.4 is 10.1 Å². The van der Waals surface area contributed by atoms with Crippen LogP contribution in [0.4, 0.5) is 0 Å². The zero-order chi connectivity index (χ0) is 25.1. The lowest BCUT2D eigenvalue weighted by atomic mass is 9.71. The first-order valence-electron chi connectivity index (χ1n) is 10.9. The van der Waals surface area contributed by atoms with Crippen LogP contribution in [0.5, 0.6) is 17.2 Å². The molecule has 0 spiro atoms. The van der Waals surface area contributed by atoms with Gasteiger partial charge in [-0.25, -0.2) is 0 Å². The van der Waals surface area contributed by atoms with Gasteiger partial charge in [0.05, 0.1) is 5.56 Å². The second-order valence-electron chi connectivity index (χ2n) is 8.70. The summed E-state index contributed by atoms with van der Waals surface area (Å²) in [6, 6.07) is 14.4. The molecule has 35 heavy (non-hydrogen) atoms. The number of hydrogen-bond acceptors (Lipinski definition) is 7. The molecule has 8 heteroatoms. The molecule has 2 aliphatic rings. The van der Waals surface area contributed by atoms with E-state index in [0.29, 0.717) is 0 Å². The van der Waals surface area contributed by atoms with E-state index >= 15 is 0 Å². The minimum Gasteiger partial charge on any atom is -0.507 e. The van der Waals surface area contributed by atoms with Gasteiger partial charge in [-0.2, -0.15) is 0 Å². The lowest BCUT2D eigenvalue weighted by Crippen LogP contribution is -2.38. The van der Waals surface area contributed by atoms with E-state index < -0.39 is 45.7 Å². The fraction of sp³-hybridized carbons (Fsp3) is 0.148. The van der Waals surface area contributed by atoms with E-state index in [0.717, 1.165) is 35.4 Å². The molecule has 5 rings (SSSR count). The number of aliphatic hydroxyl groups is 1. The van der Waals surface area contributed by atoms with Crippen LogP contribution in [0.25, 0.3) is 10.8 Å². The Morgan fingerprint density at radius 1 is 1.03 bits per heavy atom. The van der Waals surface area contributed by atoms with Gasteiger partial charge in [-0.1, -0.05) is 42.5 Å². The number of aliphatic hydroxyl groups excluding tert-OH is 1. The normalized spacial score (nSPS) is 18.6. The Balaban J connectivity index is 1.55. The maximum Gasteiger partial charge on any atom is 0.259 e. The highest BCUT2D eigenvalue weighted by Gasteiger charge is 2.55. The van der Waals surface area contributed by atoms with Crippen LogP contribution in [0, 0.1) is 0 Å². The van der Waals surface area contributed by atoms with E-state index in [9.17, 15) is 29.7 Å². The molecule has 3 aromatic carbocycles. The molecule has 1 heterocycles. The van der Waals surface area contributed by atoms with Gasteiger partial charge in [0.1, 0.15) is 39.6 Å². The number of nitrogens with one attached hydrogen (secondary N) is 1. The highest BCUT2D eigenvalue weighted by Crippen LogP contribution is 2.56. The summed E-state index contributed by atoms with van der Waals surface area (Å²) in [7, 11) is 0. The second-order valence-corrected chi connectivity index (χ2v) is 8.70. The summed E-state index contributed by atoms with van der Waals surface area (Å²) in [5, 5.41) is 36.2. The number of ether oxygens (including phenoxy) is 1. The minimum atomic E-state index is -1.66. The van der Waals surface area contributed by atoms with Crippen molar-refractivity contribution in [2.24, 2.45) is 0 Å². The minimum absolute atomic E-state index is 0.0619. The number of benzene rings is 3. The molecule has 0 saturated heterocycles. The largest absolute Gasteiger partial charge is 0.507 e. The summed E-state index contributed by atoms with van der Waals surface area (Å²) >= 11 is 0. The van der Waals surface area contributed by atoms with Crippen LogP contribution in [0.3, 0.4) is 0 Å². The van der Waals surface area contributed by atoms with Crippen molar-refractivity contribution in [3.63, 3.8) is 0 Å². The predicted molar refractivity (Wildman–Crippen MR) is 126 cm³/mol. The Bertz CT molecular complexity index is 1530. The van der Waals surface area contributed by atoms with Crippen LogP contribution in [0.1, 0.15) is 35.3 Å². The summed E-state index contributed by atoms with van der Waals surface area (Å²) in [6.07, 6.45) is 1.12. The molecule has 8 nitrogen and oxygen atoms in total. The molecule has 0 saturated carbocycles. The topological polar surface area (TPSA) is 133 Å². The molecule has 0 bridgehead atoms. The van der Waals surface area contributed by atoms with E-state index in [1.165, 1.54) is 6.92 Å². The van der Waals surface area contributed by atoms with E-state index in [4.69, 9.17) is 4.74 Å². The first-order valence-corrected chi connectivity index (χ1v) is 10.9. The number of aromatic hydroxyl groups is 2. The fourth-order valence-electron chi connectivity index (χ4n) is 4.78. The lowest BCUT2D eigenvalue weighted by molar-refractivity contribution is -0.123. The van der Waals surface area contributed by atoms with Crippen LogP contribution in [0.15, 0.2) is 71.7 Å². The SMILES string of the molecule is CC(=O)C1=C(O)C=C2Oc3c(C(=O)NCc4cccc5ccccc45)c(O)cc(O)c3[C@]2(C)C1=O. The Morgan fingerprint density at radius 2 is 1.74 bits per heavy atom. The lowest BCUT2D eigenvalue weighted by Gasteiger charge is -2.27. The van der Waals surface area contributed by atoms with Gasteiger partial charge in [0.25, 0.3) is 5.91 Å². The van der Waals surface area contributed by atoms with Gasteiger partial charge < -0.3 is 25.4 Å². The van der Waals surface area contributed by atoms with Gasteiger partial charge in [0.2, 0.25) is 0 Å². The molecule has 4 N–H and O–H groups in total. The van der Waals surface area contributed by atoms with Gasteiger partial charge >= 0.3 is 0 Å². The third-order valence-corrected chi connectivity index (χ3v) is 6.55.